The molecule has 2 aromatic carbocycles. The summed E-state index contributed by atoms with van der Waals surface area (Å²) in [5.74, 6) is 0.751. The fourth-order valence-electron chi connectivity index (χ4n) is 4.67. The molecular weight excluding hydrogens is 444 g/mol. The predicted octanol–water partition coefficient (Wildman–Crippen LogP) is 4.19. The first kappa shape index (κ1) is 23.4. The third-order valence-corrected chi connectivity index (χ3v) is 10.3. The summed E-state index contributed by atoms with van der Waals surface area (Å²) in [4.78, 5) is 0.600. The molecule has 0 spiro atoms. The minimum atomic E-state index is -3.49. The Labute approximate surface area is 192 Å². The van der Waals surface area contributed by atoms with E-state index < -0.39 is 20.0 Å². The molecular formula is C24H32N2O4S2. The summed E-state index contributed by atoms with van der Waals surface area (Å²) >= 11 is 0. The Kier molecular flexibility index (Phi) is 6.77. The van der Waals surface area contributed by atoms with Crippen LogP contribution in [0.5, 0.6) is 0 Å². The van der Waals surface area contributed by atoms with Crippen molar-refractivity contribution in [3.63, 3.8) is 0 Å². The lowest BCUT2D eigenvalue weighted by molar-refractivity contribution is 0.281. The van der Waals surface area contributed by atoms with E-state index in [4.69, 9.17) is 0 Å². The molecule has 2 aliphatic heterocycles. The number of benzene rings is 2. The second kappa shape index (κ2) is 9.25. The Morgan fingerprint density at radius 3 is 1.28 bits per heavy atom. The van der Waals surface area contributed by atoms with Crippen molar-refractivity contribution >= 4 is 20.0 Å². The van der Waals surface area contributed by atoms with E-state index in [0.717, 1.165) is 36.8 Å². The summed E-state index contributed by atoms with van der Waals surface area (Å²) < 4.78 is 55.0. The molecule has 2 fully saturated rings. The quantitative estimate of drug-likeness (QED) is 0.648. The number of rotatable bonds is 5. The van der Waals surface area contributed by atoms with E-state index in [1.807, 2.05) is 0 Å². The molecule has 0 amide bonds. The number of hydrogen-bond donors (Lipinski definition) is 0. The second-order valence-corrected chi connectivity index (χ2v) is 13.1. The third-order valence-electron chi connectivity index (χ3n) is 6.56. The SMILES string of the molecule is C[C@@H]1CCCN(S(=O)(=O)c2ccc(-c3ccc(S(=O)(=O)N4CCC[C@H](C)C4)cc3)cc2)C1. The van der Waals surface area contributed by atoms with E-state index in [0.29, 0.717) is 47.8 Å². The van der Waals surface area contributed by atoms with Gasteiger partial charge in [0.2, 0.25) is 20.0 Å². The molecule has 2 saturated heterocycles. The average Bonchev–Trinajstić information content (AvgIpc) is 2.79. The summed E-state index contributed by atoms with van der Waals surface area (Å²) in [6.07, 6.45) is 3.91. The van der Waals surface area contributed by atoms with Crippen LogP contribution < -0.4 is 0 Å². The highest BCUT2D eigenvalue weighted by atomic mass is 32.2. The van der Waals surface area contributed by atoms with Crippen LogP contribution in [0.2, 0.25) is 0 Å². The highest BCUT2D eigenvalue weighted by molar-refractivity contribution is 7.89. The normalized spacial score (nSPS) is 23.8. The molecule has 0 saturated carbocycles. The number of piperidine rings is 2. The third kappa shape index (κ3) is 4.78. The fourth-order valence-corrected chi connectivity index (χ4v) is 7.86. The molecule has 4 rings (SSSR count). The molecule has 2 heterocycles. The molecule has 2 atom stereocenters. The van der Waals surface area contributed by atoms with Crippen molar-refractivity contribution in [3.05, 3.63) is 48.5 Å². The zero-order valence-corrected chi connectivity index (χ0v) is 20.4. The standard InChI is InChI=1S/C24H32N2O4S2/c1-19-5-3-15-25(17-19)31(27,28)23-11-7-21(8-12-23)22-9-13-24(14-10-22)32(29,30)26-16-4-6-20(2)18-26/h7-14,19-20H,3-6,15-18H2,1-2H3/t19-,20+. The molecule has 6 nitrogen and oxygen atoms in total. The zero-order chi connectivity index (χ0) is 22.9. The lowest BCUT2D eigenvalue weighted by atomic mass is 10.0. The minimum Gasteiger partial charge on any atom is -0.207 e. The van der Waals surface area contributed by atoms with Gasteiger partial charge in [-0.3, -0.25) is 0 Å². The monoisotopic (exact) mass is 476 g/mol. The minimum absolute atomic E-state index is 0.300. The van der Waals surface area contributed by atoms with Crippen LogP contribution >= 0.6 is 0 Å². The van der Waals surface area contributed by atoms with Gasteiger partial charge < -0.3 is 0 Å². The highest BCUT2D eigenvalue weighted by Gasteiger charge is 2.29. The summed E-state index contributed by atoms with van der Waals surface area (Å²) in [5, 5.41) is 0. The number of hydrogen-bond acceptors (Lipinski definition) is 4. The summed E-state index contributed by atoms with van der Waals surface area (Å²) in [5.41, 5.74) is 1.71. The van der Waals surface area contributed by atoms with Crippen molar-refractivity contribution in [2.24, 2.45) is 11.8 Å². The topological polar surface area (TPSA) is 74.8 Å². The van der Waals surface area contributed by atoms with Crippen LogP contribution in [0.25, 0.3) is 11.1 Å². The Morgan fingerprint density at radius 1 is 0.625 bits per heavy atom. The van der Waals surface area contributed by atoms with Crippen LogP contribution in [0.4, 0.5) is 0 Å². The molecule has 8 heteroatoms. The smallest absolute Gasteiger partial charge is 0.207 e. The van der Waals surface area contributed by atoms with Crippen LogP contribution in [0.15, 0.2) is 58.3 Å². The number of sulfonamides is 2. The Balaban J connectivity index is 1.51. The van der Waals surface area contributed by atoms with E-state index in [1.54, 1.807) is 57.1 Å². The molecule has 174 valence electrons. The van der Waals surface area contributed by atoms with Crippen molar-refractivity contribution in [3.8, 4) is 11.1 Å². The van der Waals surface area contributed by atoms with E-state index in [9.17, 15) is 16.8 Å². The first-order valence-electron chi connectivity index (χ1n) is 11.4. The molecule has 0 unspecified atom stereocenters. The van der Waals surface area contributed by atoms with Gasteiger partial charge in [-0.1, -0.05) is 38.1 Å². The van der Waals surface area contributed by atoms with Crippen molar-refractivity contribution in [2.45, 2.75) is 49.3 Å². The maximum Gasteiger partial charge on any atom is 0.243 e. The van der Waals surface area contributed by atoms with Crippen LogP contribution in [0.3, 0.4) is 0 Å². The van der Waals surface area contributed by atoms with Gasteiger partial charge in [-0.25, -0.2) is 16.8 Å². The number of nitrogens with zero attached hydrogens (tertiary/aromatic N) is 2. The van der Waals surface area contributed by atoms with Crippen molar-refractivity contribution in [2.75, 3.05) is 26.2 Å². The van der Waals surface area contributed by atoms with Gasteiger partial charge in [0, 0.05) is 26.2 Å². The molecule has 0 radical (unpaired) electrons. The van der Waals surface area contributed by atoms with Gasteiger partial charge in [0.25, 0.3) is 0 Å². The van der Waals surface area contributed by atoms with E-state index in [1.165, 1.54) is 0 Å². The van der Waals surface area contributed by atoms with E-state index in [2.05, 4.69) is 13.8 Å². The Hall–Kier alpha value is -1.74. The van der Waals surface area contributed by atoms with Crippen LogP contribution in [0, 0.1) is 11.8 Å². The Bertz CT molecular complexity index is 1050. The molecule has 0 bridgehead atoms. The summed E-state index contributed by atoms with van der Waals surface area (Å²) in [6, 6.07) is 13.7. The largest absolute Gasteiger partial charge is 0.243 e. The van der Waals surface area contributed by atoms with E-state index >= 15 is 0 Å². The molecule has 0 aromatic heterocycles. The van der Waals surface area contributed by atoms with Gasteiger partial charge in [-0.05, 0) is 72.9 Å². The molecule has 32 heavy (non-hydrogen) atoms. The van der Waals surface area contributed by atoms with Gasteiger partial charge in [-0.15, -0.1) is 0 Å². The van der Waals surface area contributed by atoms with Crippen LogP contribution in [0.1, 0.15) is 39.5 Å². The summed E-state index contributed by atoms with van der Waals surface area (Å²) in [7, 11) is -6.98. The highest BCUT2D eigenvalue weighted by Crippen LogP contribution is 2.28. The summed E-state index contributed by atoms with van der Waals surface area (Å²) in [6.45, 7) is 6.44. The first-order chi connectivity index (χ1) is 15.2. The zero-order valence-electron chi connectivity index (χ0n) is 18.8. The molecule has 0 N–H and O–H groups in total. The van der Waals surface area contributed by atoms with Gasteiger partial charge >= 0.3 is 0 Å². The molecule has 0 aliphatic carbocycles. The Morgan fingerprint density at radius 2 is 0.969 bits per heavy atom. The van der Waals surface area contributed by atoms with Gasteiger partial charge in [0.1, 0.15) is 0 Å². The van der Waals surface area contributed by atoms with Crippen molar-refractivity contribution < 1.29 is 16.8 Å². The average molecular weight is 477 g/mol. The van der Waals surface area contributed by atoms with Crippen molar-refractivity contribution in [1.29, 1.82) is 0 Å². The van der Waals surface area contributed by atoms with Crippen LogP contribution in [-0.2, 0) is 20.0 Å². The maximum absolute atomic E-state index is 13.0. The molecule has 2 aliphatic rings. The lowest BCUT2D eigenvalue weighted by Crippen LogP contribution is -2.39. The van der Waals surface area contributed by atoms with E-state index in [-0.39, 0.29) is 0 Å². The fraction of sp³-hybridized carbons (Fsp3) is 0.500. The van der Waals surface area contributed by atoms with Crippen molar-refractivity contribution in [1.82, 2.24) is 8.61 Å². The van der Waals surface area contributed by atoms with Gasteiger partial charge in [-0.2, -0.15) is 8.61 Å². The van der Waals surface area contributed by atoms with Crippen LogP contribution in [-0.4, -0.2) is 51.6 Å². The van der Waals surface area contributed by atoms with Gasteiger partial charge in [0.05, 0.1) is 9.79 Å². The lowest BCUT2D eigenvalue weighted by Gasteiger charge is -2.30. The first-order valence-corrected chi connectivity index (χ1v) is 14.3. The maximum atomic E-state index is 13.0. The molecule has 2 aromatic rings. The second-order valence-electron chi connectivity index (χ2n) is 9.27. The predicted molar refractivity (Wildman–Crippen MR) is 126 cm³/mol. The van der Waals surface area contributed by atoms with Gasteiger partial charge in [0.15, 0.2) is 0 Å².